The smallest absolute Gasteiger partial charge is 0.345 e. The summed E-state index contributed by atoms with van der Waals surface area (Å²) in [5.74, 6) is -1.44. The molecule has 0 bridgehead atoms. The minimum absolute atomic E-state index is 0.131. The zero-order valence-electron chi connectivity index (χ0n) is 36.9. The largest absolute Gasteiger partial charge is 0.482 e. The highest BCUT2D eigenvalue weighted by Crippen LogP contribution is 2.31. The molecule has 0 aliphatic heterocycles. The molecule has 0 fully saturated rings. The number of urea groups is 2. The van der Waals surface area contributed by atoms with E-state index in [2.05, 4.69) is 31.5 Å². The Balaban J connectivity index is 0.000000419. The van der Waals surface area contributed by atoms with E-state index in [-0.39, 0.29) is 41.4 Å². The number of H-pyrrole nitrogens is 1. The number of nitrogens with one attached hydrogen (secondary N) is 3. The van der Waals surface area contributed by atoms with Crippen LogP contribution in [-0.2, 0) is 20.8 Å². The molecule has 0 aliphatic carbocycles. The molecule has 0 saturated heterocycles. The topological polar surface area (TPSA) is 213 Å². The Morgan fingerprint density at radius 1 is 0.731 bits per heavy atom. The van der Waals surface area contributed by atoms with E-state index in [9.17, 15) is 28.8 Å². The second-order valence-electron chi connectivity index (χ2n) is 13.7. The highest BCUT2D eigenvalue weighted by atomic mass is 79.9. The van der Waals surface area contributed by atoms with Crippen LogP contribution in [0.15, 0.2) is 86.9 Å². The predicted molar refractivity (Wildman–Crippen MR) is 271 cm³/mol. The van der Waals surface area contributed by atoms with Crippen molar-refractivity contribution >= 4 is 133 Å². The van der Waals surface area contributed by atoms with Crippen LogP contribution in [0.2, 0.25) is 35.2 Å². The molecule has 0 atom stereocenters. The molecule has 0 spiro atoms. The number of aromatic nitrogens is 2. The Kier molecular flexibility index (Phi) is 27.0. The van der Waals surface area contributed by atoms with Crippen LogP contribution in [0.5, 0.6) is 5.75 Å². The van der Waals surface area contributed by atoms with Crippen LogP contribution in [0.1, 0.15) is 36.7 Å². The van der Waals surface area contributed by atoms with Crippen molar-refractivity contribution in [2.75, 3.05) is 45.5 Å². The number of carboxylic acid groups (broad SMARTS) is 2. The second kappa shape index (κ2) is 29.9. The van der Waals surface area contributed by atoms with Crippen molar-refractivity contribution < 1.29 is 39.0 Å². The summed E-state index contributed by atoms with van der Waals surface area (Å²) in [4.78, 5) is 74.8. The molecule has 24 heteroatoms. The number of hydrogen-bond acceptors (Lipinski definition) is 8. The summed E-state index contributed by atoms with van der Waals surface area (Å²) < 4.78 is 6.59. The number of carbonyl (C=O) groups is 4. The lowest BCUT2D eigenvalue weighted by Crippen LogP contribution is -2.37. The zero-order valence-corrected chi connectivity index (χ0v) is 43.8. The number of halogens is 8. The maximum absolute atomic E-state index is 11.5. The van der Waals surface area contributed by atoms with Crippen molar-refractivity contribution in [3.8, 4) is 5.75 Å². The third-order valence-corrected chi connectivity index (χ3v) is 11.3. The first-order valence-electron chi connectivity index (χ1n) is 18.9. The van der Waals surface area contributed by atoms with Gasteiger partial charge in [0.1, 0.15) is 10.2 Å². The molecule has 0 saturated carbocycles. The Morgan fingerprint density at radius 3 is 1.78 bits per heavy atom. The summed E-state index contributed by atoms with van der Waals surface area (Å²) in [5.41, 5.74) is 2.39. The van der Waals surface area contributed by atoms with E-state index >= 15 is 0 Å². The Bertz CT molecular complexity index is 2600. The Morgan fingerprint density at radius 2 is 1.27 bits per heavy atom. The first-order valence-corrected chi connectivity index (χ1v) is 22.4. The lowest BCUT2D eigenvalue weighted by molar-refractivity contribution is -0.139. The molecule has 4 aromatic carbocycles. The third kappa shape index (κ3) is 21.9. The van der Waals surface area contributed by atoms with Crippen molar-refractivity contribution in [1.29, 1.82) is 0 Å². The van der Waals surface area contributed by atoms with Crippen molar-refractivity contribution in [2.24, 2.45) is 0 Å². The number of rotatable bonds is 9. The number of benzene rings is 4. The normalized spacial score (nSPS) is 9.99. The molecule has 1 aromatic heterocycles. The quantitative estimate of drug-likeness (QED) is 0.0696. The van der Waals surface area contributed by atoms with Gasteiger partial charge >= 0.3 is 29.7 Å². The van der Waals surface area contributed by atoms with Crippen LogP contribution in [0.4, 0.5) is 21.0 Å². The number of hydroxylamine groups is 2. The van der Waals surface area contributed by atoms with Crippen LogP contribution in [0.25, 0.3) is 0 Å². The number of aliphatic carboxylic acids is 2. The molecular weight excluding hydrogens is 1090 g/mol. The van der Waals surface area contributed by atoms with E-state index in [0.29, 0.717) is 57.3 Å². The number of carbonyl (C=O) groups excluding carboxylic acids is 2. The van der Waals surface area contributed by atoms with Crippen molar-refractivity contribution in [3.05, 3.63) is 150 Å². The monoisotopic (exact) mass is 1130 g/mol. The molecule has 16 nitrogen and oxygen atoms in total. The maximum Gasteiger partial charge on any atom is 0.345 e. The summed E-state index contributed by atoms with van der Waals surface area (Å²) in [6, 6.07) is 19.2. The maximum atomic E-state index is 11.5. The summed E-state index contributed by atoms with van der Waals surface area (Å²) >= 11 is 43.2. The fraction of sp³-hybridized carbons (Fsp3) is 0.256. The SMILES string of the molecule is CN(C)C(=O)Nc1ccc(Cl)cc1.CON(C)C(=O)Nc1ccc(Cl)c(Cl)c1.Cc1[nH]c(=O)n(C(C)C)c(=O)c1Br.Cc1cc(Cl)ccc1OCC(=O)O.O=C(O)Cc1c(Cl)ccc(Cl)c1Cl. The third-order valence-electron chi connectivity index (χ3n) is 7.95. The van der Waals surface area contributed by atoms with Gasteiger partial charge in [0.05, 0.1) is 33.6 Å². The first kappa shape index (κ1) is 60.3. The number of hydrogen-bond donors (Lipinski definition) is 5. The number of nitrogens with zero attached hydrogens (tertiary/aromatic N) is 3. The van der Waals surface area contributed by atoms with Crippen LogP contribution < -0.4 is 26.6 Å². The second-order valence-corrected chi connectivity index (χ2v) is 17.4. The summed E-state index contributed by atoms with van der Waals surface area (Å²) in [6.45, 7) is 6.74. The van der Waals surface area contributed by atoms with E-state index in [1.165, 1.54) is 35.8 Å². The van der Waals surface area contributed by atoms with Crippen molar-refractivity contribution in [1.82, 2.24) is 19.5 Å². The van der Waals surface area contributed by atoms with Gasteiger partial charge in [-0.25, -0.2) is 24.2 Å². The standard InChI is InChI=1S/C9H10Cl2N2O2.C9H11ClN2O.C9H9ClO3.C8H11BrN2O2.C8H5Cl3O2/c1-13(15-2)9(14)12-6-3-4-7(10)8(11)5-6;1-12(2)9(13)11-8-5-3-7(10)4-6-8;1-6-4-7(10)2-3-8(6)13-5-9(11)12;1-4(2)11-7(12)6(9)5(3)10-8(11)13;9-5-1-2-6(10)8(11)4(5)3-7(12)13/h3-5H,1-2H3,(H,12,14);3-6H,1-2H3,(H,11,13);2-4H,5H2,1H3,(H,11,12);4H,1-3H3,(H,10,13);1-2H,3H2,(H,12,13). The van der Waals surface area contributed by atoms with E-state index in [1.54, 1.807) is 95.5 Å². The van der Waals surface area contributed by atoms with Crippen LogP contribution >= 0.6 is 97.1 Å². The molecule has 0 radical (unpaired) electrons. The van der Waals surface area contributed by atoms with Gasteiger partial charge in [-0.3, -0.25) is 19.0 Å². The Labute approximate surface area is 429 Å². The number of amides is 4. The van der Waals surface area contributed by atoms with Gasteiger partial charge in [-0.1, -0.05) is 81.2 Å². The predicted octanol–water partition coefficient (Wildman–Crippen LogP) is 12.0. The summed E-state index contributed by atoms with van der Waals surface area (Å²) in [6.07, 6.45) is -0.224. The number of ether oxygens (including phenoxy) is 1. The van der Waals surface area contributed by atoms with Gasteiger partial charge in [-0.2, -0.15) is 0 Å². The van der Waals surface area contributed by atoms with Gasteiger partial charge in [0, 0.05) is 64.9 Å². The lowest BCUT2D eigenvalue weighted by atomic mass is 10.1. The summed E-state index contributed by atoms with van der Waals surface area (Å²) in [5, 5.41) is 26.2. The molecule has 4 amide bonds. The zero-order chi connectivity index (χ0) is 51.3. The van der Waals surface area contributed by atoms with Crippen LogP contribution in [-0.4, -0.2) is 88.6 Å². The minimum atomic E-state index is -0.994. The molecule has 364 valence electrons. The first-order chi connectivity index (χ1) is 31.2. The van der Waals surface area contributed by atoms with Gasteiger partial charge in [-0.15, -0.1) is 0 Å². The van der Waals surface area contributed by atoms with Gasteiger partial charge in [0.2, 0.25) is 0 Å². The number of carboxylic acids is 2. The molecule has 0 aliphatic rings. The highest BCUT2D eigenvalue weighted by Gasteiger charge is 2.13. The minimum Gasteiger partial charge on any atom is -0.482 e. The molecule has 5 N–H and O–H groups in total. The molecule has 5 aromatic rings. The van der Waals surface area contributed by atoms with Gasteiger partial charge < -0.3 is 35.5 Å². The van der Waals surface area contributed by atoms with E-state index in [0.717, 1.165) is 16.3 Å². The molecule has 1 heterocycles. The van der Waals surface area contributed by atoms with Crippen LogP contribution in [0.3, 0.4) is 0 Å². The molecular formula is C43H46BrCl7N6O10. The van der Waals surface area contributed by atoms with Crippen molar-refractivity contribution in [2.45, 2.75) is 40.2 Å². The average Bonchev–Trinajstić information content (AvgIpc) is 3.25. The van der Waals surface area contributed by atoms with E-state index < -0.39 is 18.0 Å². The molecule has 0 unspecified atom stereocenters. The van der Waals surface area contributed by atoms with E-state index in [4.69, 9.17) is 101 Å². The number of anilines is 2. The van der Waals surface area contributed by atoms with Gasteiger partial charge in [0.25, 0.3) is 5.56 Å². The number of aromatic amines is 1. The molecule has 5 rings (SSSR count). The highest BCUT2D eigenvalue weighted by molar-refractivity contribution is 9.10. The average molecular weight is 1130 g/mol. The Hall–Kier alpha value is -4.69. The summed E-state index contributed by atoms with van der Waals surface area (Å²) in [7, 11) is 6.26. The van der Waals surface area contributed by atoms with Gasteiger partial charge in [0.15, 0.2) is 6.61 Å². The fourth-order valence-corrected chi connectivity index (χ4v) is 6.15. The fourth-order valence-electron chi connectivity index (χ4n) is 4.53. The van der Waals surface area contributed by atoms with Crippen LogP contribution in [0, 0.1) is 13.8 Å². The van der Waals surface area contributed by atoms with E-state index in [1.807, 2.05) is 6.92 Å². The number of aryl methyl sites for hydroxylation is 2. The lowest BCUT2D eigenvalue weighted by Gasteiger charge is -2.14. The van der Waals surface area contributed by atoms with Gasteiger partial charge in [-0.05, 0) is 122 Å². The molecule has 67 heavy (non-hydrogen) atoms. The van der Waals surface area contributed by atoms with Crippen molar-refractivity contribution in [3.63, 3.8) is 0 Å².